The van der Waals surface area contributed by atoms with Crippen LogP contribution >= 0.6 is 23.2 Å². The van der Waals surface area contributed by atoms with Gasteiger partial charge in [0.1, 0.15) is 4.90 Å². The number of rotatable bonds is 4. The molecule has 1 aliphatic rings. The summed E-state index contributed by atoms with van der Waals surface area (Å²) in [5.41, 5.74) is 1.97. The minimum Gasteiger partial charge on any atom is -0.339 e. The molecule has 2 heterocycles. The lowest BCUT2D eigenvalue weighted by molar-refractivity contribution is 0.265. The second-order valence-electron chi connectivity index (χ2n) is 7.10. The summed E-state index contributed by atoms with van der Waals surface area (Å²) >= 11 is 12.1. The summed E-state index contributed by atoms with van der Waals surface area (Å²) in [6.07, 6.45) is 1.45. The molecule has 1 aliphatic heterocycles. The molecule has 0 radical (unpaired) electrons. The predicted octanol–water partition coefficient (Wildman–Crippen LogP) is 4.92. The van der Waals surface area contributed by atoms with Crippen LogP contribution in [0.5, 0.6) is 0 Å². The highest BCUT2D eigenvalue weighted by Gasteiger charge is 2.34. The van der Waals surface area contributed by atoms with Gasteiger partial charge in [-0.25, -0.2) is 8.42 Å². The Labute approximate surface area is 179 Å². The van der Waals surface area contributed by atoms with Crippen molar-refractivity contribution in [3.05, 3.63) is 64.0 Å². The third-order valence-electron chi connectivity index (χ3n) is 4.96. The summed E-state index contributed by atoms with van der Waals surface area (Å²) in [5, 5.41) is 4.55. The van der Waals surface area contributed by atoms with Crippen LogP contribution < -0.4 is 0 Å². The van der Waals surface area contributed by atoms with Gasteiger partial charge in [0.05, 0.1) is 10.9 Å². The lowest BCUT2D eigenvalue weighted by Gasteiger charge is -2.30. The monoisotopic (exact) mass is 451 g/mol. The van der Waals surface area contributed by atoms with Crippen LogP contribution in [0.2, 0.25) is 10.0 Å². The minimum atomic E-state index is -3.78. The van der Waals surface area contributed by atoms with Crippen molar-refractivity contribution in [1.29, 1.82) is 0 Å². The molecule has 1 atom stereocenters. The van der Waals surface area contributed by atoms with Crippen LogP contribution in [-0.4, -0.2) is 36.0 Å². The molecule has 2 aromatic carbocycles. The van der Waals surface area contributed by atoms with Crippen LogP contribution in [0.25, 0.3) is 11.4 Å². The zero-order valence-electron chi connectivity index (χ0n) is 15.7. The van der Waals surface area contributed by atoms with E-state index in [2.05, 4.69) is 10.1 Å². The van der Waals surface area contributed by atoms with E-state index in [0.717, 1.165) is 17.5 Å². The quantitative estimate of drug-likeness (QED) is 0.562. The number of piperidine rings is 1. The molecule has 152 valence electrons. The molecule has 0 spiro atoms. The fraction of sp³-hybridized carbons (Fsp3) is 0.300. The Morgan fingerprint density at radius 3 is 2.79 bits per heavy atom. The highest BCUT2D eigenvalue weighted by atomic mass is 35.5. The Bertz CT molecular complexity index is 1150. The van der Waals surface area contributed by atoms with Crippen LogP contribution in [0.4, 0.5) is 0 Å². The second-order valence-corrected chi connectivity index (χ2v) is 9.85. The molecule has 3 aromatic rings. The summed E-state index contributed by atoms with van der Waals surface area (Å²) in [6.45, 7) is 2.65. The molecular weight excluding hydrogens is 433 g/mol. The van der Waals surface area contributed by atoms with Gasteiger partial charge in [0.25, 0.3) is 0 Å². The van der Waals surface area contributed by atoms with Crippen molar-refractivity contribution in [2.45, 2.75) is 30.6 Å². The maximum Gasteiger partial charge on any atom is 0.244 e. The molecule has 4 rings (SSSR count). The zero-order valence-corrected chi connectivity index (χ0v) is 18.0. The van der Waals surface area contributed by atoms with Crippen molar-refractivity contribution < 1.29 is 12.9 Å². The predicted molar refractivity (Wildman–Crippen MR) is 112 cm³/mol. The van der Waals surface area contributed by atoms with Crippen LogP contribution in [0.1, 0.15) is 30.2 Å². The van der Waals surface area contributed by atoms with Gasteiger partial charge in [-0.3, -0.25) is 0 Å². The van der Waals surface area contributed by atoms with Crippen LogP contribution in [0.3, 0.4) is 0 Å². The van der Waals surface area contributed by atoms with E-state index in [1.807, 2.05) is 31.2 Å². The molecule has 6 nitrogen and oxygen atoms in total. The van der Waals surface area contributed by atoms with Crippen LogP contribution in [0.15, 0.2) is 51.9 Å². The minimum absolute atomic E-state index is 0.0123. The highest BCUT2D eigenvalue weighted by molar-refractivity contribution is 7.89. The van der Waals surface area contributed by atoms with Crippen molar-refractivity contribution >= 4 is 33.2 Å². The highest BCUT2D eigenvalue weighted by Crippen LogP contribution is 2.33. The fourth-order valence-corrected chi connectivity index (χ4v) is 5.74. The summed E-state index contributed by atoms with van der Waals surface area (Å²) in [6, 6.07) is 12.3. The van der Waals surface area contributed by atoms with E-state index in [9.17, 15) is 8.42 Å². The maximum atomic E-state index is 13.1. The van der Waals surface area contributed by atoms with E-state index in [1.165, 1.54) is 16.4 Å². The third kappa shape index (κ3) is 4.19. The number of hydrogen-bond acceptors (Lipinski definition) is 5. The molecule has 0 saturated carbocycles. The van der Waals surface area contributed by atoms with E-state index >= 15 is 0 Å². The molecule has 1 fully saturated rings. The molecule has 0 bridgehead atoms. The number of nitrogens with zero attached hydrogens (tertiary/aromatic N) is 3. The van der Waals surface area contributed by atoms with E-state index in [4.69, 9.17) is 27.7 Å². The smallest absolute Gasteiger partial charge is 0.244 e. The lowest BCUT2D eigenvalue weighted by atomic mass is 10.00. The average Bonchev–Trinajstić information content (AvgIpc) is 3.20. The van der Waals surface area contributed by atoms with Crippen molar-refractivity contribution in [3.8, 4) is 11.4 Å². The van der Waals surface area contributed by atoms with Gasteiger partial charge >= 0.3 is 0 Å². The normalized spacial score (nSPS) is 18.1. The summed E-state index contributed by atoms with van der Waals surface area (Å²) in [4.78, 5) is 4.53. The van der Waals surface area contributed by atoms with Crippen LogP contribution in [-0.2, 0) is 10.0 Å². The van der Waals surface area contributed by atoms with Gasteiger partial charge in [0, 0.05) is 23.7 Å². The number of aryl methyl sites for hydroxylation is 1. The number of hydrogen-bond donors (Lipinski definition) is 0. The fourth-order valence-electron chi connectivity index (χ4n) is 3.48. The van der Waals surface area contributed by atoms with Gasteiger partial charge in [-0.1, -0.05) is 52.1 Å². The molecule has 0 N–H and O–H groups in total. The maximum absolute atomic E-state index is 13.1. The molecular formula is C20H19Cl2N3O3S. The first-order chi connectivity index (χ1) is 13.8. The van der Waals surface area contributed by atoms with Crippen molar-refractivity contribution in [2.24, 2.45) is 0 Å². The average molecular weight is 452 g/mol. The van der Waals surface area contributed by atoms with Crippen molar-refractivity contribution in [3.63, 3.8) is 0 Å². The van der Waals surface area contributed by atoms with E-state index < -0.39 is 10.0 Å². The Hall–Kier alpha value is -1.93. The summed E-state index contributed by atoms with van der Waals surface area (Å²) in [7, 11) is -3.78. The van der Waals surface area contributed by atoms with Crippen molar-refractivity contribution in [1.82, 2.24) is 14.4 Å². The zero-order chi connectivity index (χ0) is 20.6. The van der Waals surface area contributed by atoms with Gasteiger partial charge in [-0.05, 0) is 44.0 Å². The number of halogens is 2. The Balaban J connectivity index is 1.58. The van der Waals surface area contributed by atoms with Gasteiger partial charge in [-0.15, -0.1) is 0 Å². The Morgan fingerprint density at radius 2 is 2.00 bits per heavy atom. The molecule has 0 amide bonds. The molecule has 0 aliphatic carbocycles. The van der Waals surface area contributed by atoms with Gasteiger partial charge < -0.3 is 4.52 Å². The van der Waals surface area contributed by atoms with Gasteiger partial charge in [-0.2, -0.15) is 9.29 Å². The first-order valence-corrected chi connectivity index (χ1v) is 11.4. The Morgan fingerprint density at radius 1 is 1.17 bits per heavy atom. The summed E-state index contributed by atoms with van der Waals surface area (Å²) in [5.74, 6) is 0.766. The van der Waals surface area contributed by atoms with Gasteiger partial charge in [0.2, 0.25) is 21.7 Å². The van der Waals surface area contributed by atoms with Crippen molar-refractivity contribution in [2.75, 3.05) is 13.1 Å². The molecule has 9 heteroatoms. The van der Waals surface area contributed by atoms with E-state index in [0.29, 0.717) is 29.7 Å². The second kappa shape index (κ2) is 8.07. The number of sulfonamides is 1. The lowest BCUT2D eigenvalue weighted by Crippen LogP contribution is -2.39. The molecule has 1 unspecified atom stereocenters. The number of aromatic nitrogens is 2. The first-order valence-electron chi connectivity index (χ1n) is 9.20. The molecule has 1 saturated heterocycles. The van der Waals surface area contributed by atoms with E-state index in [1.54, 1.807) is 6.07 Å². The van der Waals surface area contributed by atoms with E-state index in [-0.39, 0.29) is 22.4 Å². The molecule has 29 heavy (non-hydrogen) atoms. The third-order valence-corrected chi connectivity index (χ3v) is 7.54. The van der Waals surface area contributed by atoms with Gasteiger partial charge in [0.15, 0.2) is 0 Å². The largest absolute Gasteiger partial charge is 0.339 e. The summed E-state index contributed by atoms with van der Waals surface area (Å²) < 4.78 is 33.1. The SMILES string of the molecule is Cc1cccc(-c2noc(C3CCCN(S(=O)(=O)c4cc(Cl)ccc4Cl)C3)n2)c1. The van der Waals surface area contributed by atoms with Crippen LogP contribution in [0, 0.1) is 6.92 Å². The first kappa shape index (κ1) is 20.3. The molecule has 1 aromatic heterocycles. The standard InChI is InChI=1S/C20H19Cl2N3O3S/c1-13-4-2-5-14(10-13)19-23-20(28-24-19)15-6-3-9-25(12-15)29(26,27)18-11-16(21)7-8-17(18)22/h2,4-5,7-8,10-11,15H,3,6,9,12H2,1H3. The Kier molecular flexibility index (Phi) is 5.66. The number of benzene rings is 2. The topological polar surface area (TPSA) is 76.3 Å².